The van der Waals surface area contributed by atoms with Crippen LogP contribution in [-0.2, 0) is 6.18 Å². The van der Waals surface area contributed by atoms with Gasteiger partial charge < -0.3 is 15.5 Å². The Hall–Kier alpha value is -1.92. The molecule has 0 amide bonds. The lowest BCUT2D eigenvalue weighted by Gasteiger charge is -2.31. The van der Waals surface area contributed by atoms with Crippen LogP contribution in [0.3, 0.4) is 0 Å². The normalized spacial score (nSPS) is 21.8. The topological polar surface area (TPSA) is 27.3 Å². The predicted molar refractivity (Wildman–Crippen MR) is 103 cm³/mol. The number of anilines is 3. The molecule has 0 spiro atoms. The number of rotatable bonds is 2. The smallest absolute Gasteiger partial charge is 0.370 e. The Kier molecular flexibility index (Phi) is 4.51. The van der Waals surface area contributed by atoms with E-state index in [-0.39, 0.29) is 12.0 Å². The first-order valence-corrected chi connectivity index (χ1v) is 9.35. The summed E-state index contributed by atoms with van der Waals surface area (Å²) in [7, 11) is 1.78. The maximum absolute atomic E-state index is 13.8. The van der Waals surface area contributed by atoms with Gasteiger partial charge in [-0.3, -0.25) is 0 Å². The quantitative estimate of drug-likeness (QED) is 0.722. The van der Waals surface area contributed by atoms with E-state index >= 15 is 0 Å². The van der Waals surface area contributed by atoms with Crippen LogP contribution in [0.5, 0.6) is 0 Å². The fourth-order valence-electron chi connectivity index (χ4n) is 4.30. The summed E-state index contributed by atoms with van der Waals surface area (Å²) in [6.07, 6.45) is -3.57. The van der Waals surface area contributed by atoms with Crippen LogP contribution >= 0.6 is 11.6 Å². The van der Waals surface area contributed by atoms with E-state index in [0.29, 0.717) is 22.9 Å². The Morgan fingerprint density at radius 1 is 1.19 bits per heavy atom. The van der Waals surface area contributed by atoms with E-state index < -0.39 is 11.7 Å². The highest BCUT2D eigenvalue weighted by molar-refractivity contribution is 6.31. The van der Waals surface area contributed by atoms with Gasteiger partial charge in [0.2, 0.25) is 0 Å². The summed E-state index contributed by atoms with van der Waals surface area (Å²) in [5, 5.41) is 7.07. The summed E-state index contributed by atoms with van der Waals surface area (Å²) in [4.78, 5) is 1.82. The monoisotopic (exact) mass is 395 g/mol. The molecule has 2 aliphatic rings. The molecule has 0 unspecified atom stereocenters. The Bertz CT molecular complexity index is 882. The number of hydrogen-bond acceptors (Lipinski definition) is 3. The number of fused-ring (bicyclic) bond motifs is 3. The van der Waals surface area contributed by atoms with Gasteiger partial charge in [-0.05, 0) is 61.3 Å². The average molecular weight is 396 g/mol. The second-order valence-corrected chi connectivity index (χ2v) is 7.73. The molecule has 0 bridgehead atoms. The van der Waals surface area contributed by atoms with E-state index in [9.17, 15) is 13.2 Å². The van der Waals surface area contributed by atoms with Gasteiger partial charge in [-0.15, -0.1) is 0 Å². The van der Waals surface area contributed by atoms with Crippen molar-refractivity contribution in [3.8, 4) is 0 Å². The van der Waals surface area contributed by atoms with Crippen molar-refractivity contribution in [1.82, 2.24) is 5.32 Å². The molecule has 27 heavy (non-hydrogen) atoms. The molecular formula is C20H21ClF3N3. The molecule has 7 heteroatoms. The summed E-state index contributed by atoms with van der Waals surface area (Å²) in [6.45, 7) is 3.39. The minimum Gasteiger partial charge on any atom is -0.370 e. The molecule has 1 fully saturated rings. The third-order valence-electron chi connectivity index (χ3n) is 5.59. The van der Waals surface area contributed by atoms with Crippen molar-refractivity contribution in [3.05, 3.63) is 52.0 Å². The fraction of sp³-hybridized carbons (Fsp3) is 0.400. The number of nitrogens with zero attached hydrogens (tertiary/aromatic N) is 1. The highest BCUT2D eigenvalue weighted by atomic mass is 35.5. The van der Waals surface area contributed by atoms with E-state index in [2.05, 4.69) is 10.6 Å². The van der Waals surface area contributed by atoms with Crippen molar-refractivity contribution in [3.63, 3.8) is 0 Å². The number of nitrogens with one attached hydrogen (secondary N) is 2. The lowest BCUT2D eigenvalue weighted by atomic mass is 9.89. The van der Waals surface area contributed by atoms with E-state index in [4.69, 9.17) is 11.6 Å². The van der Waals surface area contributed by atoms with Gasteiger partial charge in [0.05, 0.1) is 11.3 Å². The second-order valence-electron chi connectivity index (χ2n) is 7.33. The molecule has 2 aliphatic heterocycles. The fourth-order valence-corrected chi connectivity index (χ4v) is 4.42. The van der Waals surface area contributed by atoms with Gasteiger partial charge in [-0.25, -0.2) is 0 Å². The zero-order valence-electron chi connectivity index (χ0n) is 15.1. The van der Waals surface area contributed by atoms with Gasteiger partial charge >= 0.3 is 6.18 Å². The molecule has 0 aromatic heterocycles. The van der Waals surface area contributed by atoms with Gasteiger partial charge in [0, 0.05) is 41.9 Å². The number of halogens is 4. The Morgan fingerprint density at radius 3 is 2.67 bits per heavy atom. The molecule has 2 heterocycles. The minimum absolute atomic E-state index is 0.0635. The zero-order chi connectivity index (χ0) is 19.3. The number of piperidine rings is 1. The van der Waals surface area contributed by atoms with E-state index in [1.807, 2.05) is 24.0 Å². The van der Waals surface area contributed by atoms with Crippen molar-refractivity contribution in [2.75, 3.05) is 30.4 Å². The Labute approximate surface area is 161 Å². The van der Waals surface area contributed by atoms with Crippen LogP contribution in [0, 0.1) is 6.92 Å². The van der Waals surface area contributed by atoms with E-state index in [1.54, 1.807) is 19.2 Å². The van der Waals surface area contributed by atoms with Crippen molar-refractivity contribution >= 4 is 28.7 Å². The first kappa shape index (κ1) is 18.4. The van der Waals surface area contributed by atoms with Crippen molar-refractivity contribution < 1.29 is 13.2 Å². The maximum atomic E-state index is 13.8. The van der Waals surface area contributed by atoms with Gasteiger partial charge in [0.25, 0.3) is 0 Å². The third-order valence-corrected chi connectivity index (χ3v) is 6.01. The van der Waals surface area contributed by atoms with Gasteiger partial charge in [-0.1, -0.05) is 11.6 Å². The highest BCUT2D eigenvalue weighted by Gasteiger charge is 2.45. The van der Waals surface area contributed by atoms with E-state index in [1.165, 1.54) is 6.07 Å². The van der Waals surface area contributed by atoms with Gasteiger partial charge in [0.15, 0.2) is 0 Å². The Morgan fingerprint density at radius 2 is 1.96 bits per heavy atom. The highest BCUT2D eigenvalue weighted by Crippen LogP contribution is 2.50. The molecule has 144 valence electrons. The van der Waals surface area contributed by atoms with Crippen LogP contribution in [-0.4, -0.2) is 26.2 Å². The number of hydrogen-bond donors (Lipinski definition) is 2. The van der Waals surface area contributed by atoms with Crippen LogP contribution in [0.25, 0.3) is 0 Å². The first-order valence-electron chi connectivity index (χ1n) is 8.97. The van der Waals surface area contributed by atoms with Crippen molar-refractivity contribution in [2.24, 2.45) is 0 Å². The third kappa shape index (κ3) is 3.25. The molecule has 2 aromatic carbocycles. The van der Waals surface area contributed by atoms with E-state index in [0.717, 1.165) is 29.8 Å². The molecular weight excluding hydrogens is 375 g/mol. The largest absolute Gasteiger partial charge is 0.418 e. The van der Waals surface area contributed by atoms with Crippen LogP contribution in [0.15, 0.2) is 30.3 Å². The van der Waals surface area contributed by atoms with Crippen LogP contribution in [0.4, 0.5) is 30.2 Å². The van der Waals surface area contributed by atoms with Gasteiger partial charge in [0.1, 0.15) is 0 Å². The summed E-state index contributed by atoms with van der Waals surface area (Å²) >= 11 is 6.05. The van der Waals surface area contributed by atoms with Crippen LogP contribution in [0.1, 0.15) is 29.0 Å². The molecule has 2 atom stereocenters. The summed E-state index contributed by atoms with van der Waals surface area (Å²) in [5.74, 6) is 0.0635. The molecule has 4 rings (SSSR count). The molecule has 1 saturated heterocycles. The Balaban J connectivity index is 1.79. The molecule has 0 aliphatic carbocycles. The van der Waals surface area contributed by atoms with Crippen molar-refractivity contribution in [1.29, 1.82) is 0 Å². The second kappa shape index (κ2) is 6.60. The van der Waals surface area contributed by atoms with Crippen LogP contribution in [0.2, 0.25) is 5.02 Å². The number of aryl methyl sites for hydroxylation is 1. The number of likely N-dealkylation sites (N-methyl/N-ethyl adjacent to an activating group) is 1. The maximum Gasteiger partial charge on any atom is 0.418 e. The summed E-state index contributed by atoms with van der Waals surface area (Å²) in [6, 6.07) is 8.53. The molecule has 2 N–H and O–H groups in total. The number of benzene rings is 2. The van der Waals surface area contributed by atoms with Crippen molar-refractivity contribution in [2.45, 2.75) is 31.5 Å². The molecule has 3 nitrogen and oxygen atoms in total. The minimum atomic E-state index is -4.41. The first-order chi connectivity index (χ1) is 12.8. The zero-order valence-corrected chi connectivity index (χ0v) is 15.9. The van der Waals surface area contributed by atoms with Gasteiger partial charge in [-0.2, -0.15) is 13.2 Å². The lowest BCUT2D eigenvalue weighted by molar-refractivity contribution is -0.137. The summed E-state index contributed by atoms with van der Waals surface area (Å²) < 4.78 is 41.5. The standard InChI is InChI=1S/C20H21ClF3N3/c1-11-7-12(3-4-17(11)21)26-13-8-14-15-10-25-6-5-18(15)27(2)19(14)16(9-13)20(22,23)24/h3-4,7-9,15,18,25-26H,5-6,10H2,1-2H3/t15-,18-/m0/s1. The number of alkyl halides is 3. The molecule has 0 radical (unpaired) electrons. The predicted octanol–water partition coefficient (Wildman–Crippen LogP) is 5.31. The van der Waals surface area contributed by atoms with Crippen LogP contribution < -0.4 is 15.5 Å². The molecule has 0 saturated carbocycles. The average Bonchev–Trinajstić information content (AvgIpc) is 2.90. The SMILES string of the molecule is Cc1cc(Nc2cc3c(c(C(F)(F)F)c2)N(C)[C@H]2CCNC[C@@H]32)ccc1Cl. The lowest BCUT2D eigenvalue weighted by Crippen LogP contribution is -2.42. The molecule has 2 aromatic rings. The summed E-state index contributed by atoms with van der Waals surface area (Å²) in [5.41, 5.74) is 2.54.